The summed E-state index contributed by atoms with van der Waals surface area (Å²) >= 11 is 0. The molecule has 1 aliphatic carbocycles. The Labute approximate surface area is 92.9 Å². The van der Waals surface area contributed by atoms with E-state index in [1.54, 1.807) is 0 Å². The Kier molecular flexibility index (Phi) is 2.83. The molecule has 82 valence electrons. The first-order chi connectivity index (χ1) is 7.16. The van der Waals surface area contributed by atoms with Crippen molar-refractivity contribution in [3.05, 3.63) is 35.4 Å². The molecule has 2 rings (SSSR count). The molecular formula is C14H21N. The van der Waals surface area contributed by atoms with E-state index in [4.69, 9.17) is 0 Å². The molecule has 0 atom stereocenters. The quantitative estimate of drug-likeness (QED) is 0.793. The van der Waals surface area contributed by atoms with Crippen LogP contribution in [0.4, 0.5) is 0 Å². The van der Waals surface area contributed by atoms with Crippen molar-refractivity contribution in [3.63, 3.8) is 0 Å². The summed E-state index contributed by atoms with van der Waals surface area (Å²) in [6.45, 7) is 4.54. The average molecular weight is 203 g/mol. The van der Waals surface area contributed by atoms with Crippen LogP contribution in [0.5, 0.6) is 0 Å². The Morgan fingerprint density at radius 1 is 1.20 bits per heavy atom. The van der Waals surface area contributed by atoms with Crippen LogP contribution in [0.25, 0.3) is 0 Å². The molecule has 1 aromatic carbocycles. The van der Waals surface area contributed by atoms with E-state index in [2.05, 4.69) is 50.5 Å². The molecule has 1 aliphatic rings. The number of benzene rings is 1. The molecule has 1 heteroatoms. The van der Waals surface area contributed by atoms with Gasteiger partial charge in [0.15, 0.2) is 0 Å². The van der Waals surface area contributed by atoms with E-state index < -0.39 is 0 Å². The molecular weight excluding hydrogens is 182 g/mol. The first kappa shape index (κ1) is 10.7. The van der Waals surface area contributed by atoms with Crippen molar-refractivity contribution in [1.82, 2.24) is 5.32 Å². The Balaban J connectivity index is 2.10. The zero-order valence-corrected chi connectivity index (χ0v) is 10.0. The summed E-state index contributed by atoms with van der Waals surface area (Å²) in [6.07, 6.45) is 3.76. The van der Waals surface area contributed by atoms with E-state index in [1.165, 1.54) is 30.4 Å². The predicted molar refractivity (Wildman–Crippen MR) is 65.0 cm³/mol. The molecule has 0 radical (unpaired) electrons. The zero-order valence-electron chi connectivity index (χ0n) is 10.0. The van der Waals surface area contributed by atoms with Crippen molar-refractivity contribution in [2.75, 3.05) is 7.05 Å². The first-order valence-corrected chi connectivity index (χ1v) is 5.94. The van der Waals surface area contributed by atoms with Gasteiger partial charge in [0.1, 0.15) is 0 Å². The highest BCUT2D eigenvalue weighted by Gasteiger charge is 2.42. The second kappa shape index (κ2) is 3.97. The number of nitrogens with one attached hydrogen (secondary N) is 1. The van der Waals surface area contributed by atoms with E-state index in [-0.39, 0.29) is 0 Å². The minimum Gasteiger partial charge on any atom is -0.310 e. The van der Waals surface area contributed by atoms with E-state index in [0.29, 0.717) is 5.54 Å². The maximum absolute atomic E-state index is 3.43. The normalized spacial score (nSPS) is 18.1. The van der Waals surface area contributed by atoms with Crippen LogP contribution in [0.15, 0.2) is 24.3 Å². The fourth-order valence-electron chi connectivity index (χ4n) is 2.24. The Hall–Kier alpha value is -0.820. The highest BCUT2D eigenvalue weighted by atomic mass is 15.0. The summed E-state index contributed by atoms with van der Waals surface area (Å²) in [4.78, 5) is 0. The summed E-state index contributed by atoms with van der Waals surface area (Å²) in [5.41, 5.74) is 3.23. The van der Waals surface area contributed by atoms with Gasteiger partial charge in [0.05, 0.1) is 0 Å². The summed E-state index contributed by atoms with van der Waals surface area (Å²) in [7, 11) is 2.06. The largest absolute Gasteiger partial charge is 0.310 e. The van der Waals surface area contributed by atoms with Gasteiger partial charge in [-0.05, 0) is 43.4 Å². The molecule has 1 aromatic rings. The molecule has 1 N–H and O–H groups in total. The van der Waals surface area contributed by atoms with Crippen LogP contribution in [0.3, 0.4) is 0 Å². The number of rotatable bonds is 4. The van der Waals surface area contributed by atoms with E-state index >= 15 is 0 Å². The van der Waals surface area contributed by atoms with Crippen molar-refractivity contribution in [1.29, 1.82) is 0 Å². The summed E-state index contributed by atoms with van der Waals surface area (Å²) < 4.78 is 0. The zero-order chi connectivity index (χ0) is 10.9. The van der Waals surface area contributed by atoms with Crippen molar-refractivity contribution in [2.45, 2.75) is 38.6 Å². The SMILES string of the molecule is CNC1(c2ccc(CC(C)C)cc2)CC1. The molecule has 0 spiro atoms. The van der Waals surface area contributed by atoms with Crippen LogP contribution in [0.2, 0.25) is 0 Å². The predicted octanol–water partition coefficient (Wildman–Crippen LogP) is 3.09. The maximum atomic E-state index is 3.43. The maximum Gasteiger partial charge on any atom is 0.0433 e. The van der Waals surface area contributed by atoms with Crippen LogP contribution < -0.4 is 5.32 Å². The van der Waals surface area contributed by atoms with Crippen LogP contribution in [0, 0.1) is 5.92 Å². The third-order valence-corrected chi connectivity index (χ3v) is 3.38. The molecule has 0 amide bonds. The third kappa shape index (κ3) is 2.23. The molecule has 1 fully saturated rings. The van der Waals surface area contributed by atoms with Crippen molar-refractivity contribution < 1.29 is 0 Å². The first-order valence-electron chi connectivity index (χ1n) is 5.94. The fraction of sp³-hybridized carbons (Fsp3) is 0.571. The fourth-order valence-corrected chi connectivity index (χ4v) is 2.24. The molecule has 0 aromatic heterocycles. The molecule has 0 aliphatic heterocycles. The van der Waals surface area contributed by atoms with Gasteiger partial charge in [-0.15, -0.1) is 0 Å². The Morgan fingerprint density at radius 3 is 2.20 bits per heavy atom. The molecule has 0 unspecified atom stereocenters. The molecule has 1 saturated carbocycles. The second-order valence-electron chi connectivity index (χ2n) is 5.13. The van der Waals surface area contributed by atoms with Crippen molar-refractivity contribution in [3.8, 4) is 0 Å². The molecule has 0 saturated heterocycles. The lowest BCUT2D eigenvalue weighted by molar-refractivity contribution is 0.584. The van der Waals surface area contributed by atoms with Gasteiger partial charge >= 0.3 is 0 Å². The van der Waals surface area contributed by atoms with E-state index in [1.807, 2.05) is 0 Å². The van der Waals surface area contributed by atoms with Gasteiger partial charge in [-0.2, -0.15) is 0 Å². The van der Waals surface area contributed by atoms with Gasteiger partial charge in [-0.25, -0.2) is 0 Å². The third-order valence-electron chi connectivity index (χ3n) is 3.38. The Morgan fingerprint density at radius 2 is 1.80 bits per heavy atom. The van der Waals surface area contributed by atoms with Crippen LogP contribution in [-0.2, 0) is 12.0 Å². The smallest absolute Gasteiger partial charge is 0.0433 e. The van der Waals surface area contributed by atoms with Crippen molar-refractivity contribution >= 4 is 0 Å². The monoisotopic (exact) mass is 203 g/mol. The minimum atomic E-state index is 0.316. The van der Waals surface area contributed by atoms with Gasteiger partial charge in [0.25, 0.3) is 0 Å². The summed E-state index contributed by atoms with van der Waals surface area (Å²) in [5.74, 6) is 0.745. The molecule has 0 bridgehead atoms. The highest BCUT2D eigenvalue weighted by Crippen LogP contribution is 2.44. The van der Waals surface area contributed by atoms with E-state index in [0.717, 1.165) is 5.92 Å². The van der Waals surface area contributed by atoms with Gasteiger partial charge in [-0.3, -0.25) is 0 Å². The minimum absolute atomic E-state index is 0.316. The molecule has 15 heavy (non-hydrogen) atoms. The number of hydrogen-bond acceptors (Lipinski definition) is 1. The molecule has 0 heterocycles. The second-order valence-corrected chi connectivity index (χ2v) is 5.13. The van der Waals surface area contributed by atoms with Gasteiger partial charge in [-0.1, -0.05) is 38.1 Å². The van der Waals surface area contributed by atoms with E-state index in [9.17, 15) is 0 Å². The Bertz CT molecular complexity index is 320. The van der Waals surface area contributed by atoms with Gasteiger partial charge < -0.3 is 5.32 Å². The average Bonchev–Trinajstić information content (AvgIpc) is 2.99. The lowest BCUT2D eigenvalue weighted by Gasteiger charge is -2.15. The standard InChI is InChI=1S/C14H21N/c1-11(2)10-12-4-6-13(7-5-12)14(15-3)8-9-14/h4-7,11,15H,8-10H2,1-3H3. The topological polar surface area (TPSA) is 12.0 Å². The van der Waals surface area contributed by atoms with Crippen LogP contribution >= 0.6 is 0 Å². The lowest BCUT2D eigenvalue weighted by atomic mass is 9.98. The van der Waals surface area contributed by atoms with Crippen molar-refractivity contribution in [2.24, 2.45) is 5.92 Å². The number of hydrogen-bond donors (Lipinski definition) is 1. The van der Waals surface area contributed by atoms with Crippen LogP contribution in [-0.4, -0.2) is 7.05 Å². The van der Waals surface area contributed by atoms with Gasteiger partial charge in [0.2, 0.25) is 0 Å². The summed E-state index contributed by atoms with van der Waals surface area (Å²) in [5, 5.41) is 3.43. The summed E-state index contributed by atoms with van der Waals surface area (Å²) in [6, 6.07) is 9.15. The lowest BCUT2D eigenvalue weighted by Crippen LogP contribution is -2.24. The molecule has 1 nitrogen and oxygen atoms in total. The van der Waals surface area contributed by atoms with Crippen LogP contribution in [0.1, 0.15) is 37.8 Å². The highest BCUT2D eigenvalue weighted by molar-refractivity contribution is 5.32. The van der Waals surface area contributed by atoms with Gasteiger partial charge in [0, 0.05) is 5.54 Å².